The van der Waals surface area contributed by atoms with E-state index in [1.54, 1.807) is 7.11 Å². The van der Waals surface area contributed by atoms with Crippen molar-refractivity contribution in [1.29, 1.82) is 0 Å². The first-order chi connectivity index (χ1) is 13.2. The summed E-state index contributed by atoms with van der Waals surface area (Å²) in [6.07, 6.45) is 0.779. The molecule has 2 atom stereocenters. The van der Waals surface area contributed by atoms with Crippen LogP contribution in [0.2, 0.25) is 0 Å². The third-order valence-corrected chi connectivity index (χ3v) is 5.43. The number of rotatable bonds is 4. The van der Waals surface area contributed by atoms with Gasteiger partial charge in [-0.1, -0.05) is 30.3 Å². The minimum Gasteiger partial charge on any atom is -0.497 e. The van der Waals surface area contributed by atoms with Crippen molar-refractivity contribution in [2.75, 3.05) is 38.2 Å². The predicted octanol–water partition coefficient (Wildman–Crippen LogP) is 1.95. The fourth-order valence-corrected chi connectivity index (χ4v) is 3.82. The van der Waals surface area contributed by atoms with Crippen molar-refractivity contribution in [2.45, 2.75) is 18.5 Å². The van der Waals surface area contributed by atoms with Crippen LogP contribution in [0.3, 0.4) is 0 Å². The number of nitrogens with one attached hydrogen (secondary N) is 2. The molecular formula is C21H26N4O2. The Kier molecular flexibility index (Phi) is 5.27. The molecule has 27 heavy (non-hydrogen) atoms. The Hall–Kier alpha value is -2.57. The number of hydrogen-bond acceptors (Lipinski definition) is 5. The Labute approximate surface area is 160 Å². The molecule has 0 saturated carbocycles. The van der Waals surface area contributed by atoms with Crippen molar-refractivity contribution in [1.82, 2.24) is 15.8 Å². The van der Waals surface area contributed by atoms with Gasteiger partial charge in [0, 0.05) is 37.9 Å². The van der Waals surface area contributed by atoms with E-state index in [4.69, 9.17) is 4.74 Å². The molecule has 2 aromatic carbocycles. The second-order valence-electron chi connectivity index (χ2n) is 7.05. The zero-order chi connectivity index (χ0) is 18.6. The molecule has 2 aliphatic heterocycles. The molecule has 2 saturated heterocycles. The molecule has 0 spiro atoms. The van der Waals surface area contributed by atoms with Gasteiger partial charge in [0.15, 0.2) is 0 Å². The average Bonchev–Trinajstić information content (AvgIpc) is 3.24. The van der Waals surface area contributed by atoms with Gasteiger partial charge in [-0.25, -0.2) is 10.9 Å². The molecule has 142 valence electrons. The number of methoxy groups -OCH3 is 1. The molecule has 4 rings (SSSR count). The fourth-order valence-electron chi connectivity index (χ4n) is 3.82. The van der Waals surface area contributed by atoms with Crippen LogP contribution in [0.4, 0.5) is 5.69 Å². The lowest BCUT2D eigenvalue weighted by atomic mass is 10.0. The van der Waals surface area contributed by atoms with Crippen LogP contribution in [0.25, 0.3) is 0 Å². The van der Waals surface area contributed by atoms with Crippen LogP contribution in [-0.2, 0) is 4.79 Å². The second-order valence-corrected chi connectivity index (χ2v) is 7.05. The van der Waals surface area contributed by atoms with E-state index in [1.165, 1.54) is 11.3 Å². The molecule has 2 unspecified atom stereocenters. The first-order valence-corrected chi connectivity index (χ1v) is 9.48. The summed E-state index contributed by atoms with van der Waals surface area (Å²) < 4.78 is 5.22. The summed E-state index contributed by atoms with van der Waals surface area (Å²) >= 11 is 0. The molecule has 0 aliphatic carbocycles. The van der Waals surface area contributed by atoms with Crippen LogP contribution in [0, 0.1) is 0 Å². The lowest BCUT2D eigenvalue weighted by molar-refractivity contribution is -0.133. The molecule has 2 N–H and O–H groups in total. The molecule has 6 heteroatoms. The number of nitrogens with zero attached hydrogens (tertiary/aromatic N) is 2. The van der Waals surface area contributed by atoms with Gasteiger partial charge >= 0.3 is 0 Å². The van der Waals surface area contributed by atoms with Crippen molar-refractivity contribution >= 4 is 11.6 Å². The van der Waals surface area contributed by atoms with E-state index < -0.39 is 0 Å². The first-order valence-electron chi connectivity index (χ1n) is 9.48. The number of benzene rings is 2. The van der Waals surface area contributed by atoms with E-state index in [9.17, 15) is 4.79 Å². The van der Waals surface area contributed by atoms with Crippen LogP contribution in [0.15, 0.2) is 54.6 Å². The number of piperazine rings is 1. The van der Waals surface area contributed by atoms with Gasteiger partial charge in [0.25, 0.3) is 0 Å². The van der Waals surface area contributed by atoms with Gasteiger partial charge < -0.3 is 14.5 Å². The van der Waals surface area contributed by atoms with Crippen LogP contribution in [-0.4, -0.2) is 50.1 Å². The molecular weight excluding hydrogens is 340 g/mol. The highest BCUT2D eigenvalue weighted by molar-refractivity contribution is 5.82. The zero-order valence-corrected chi connectivity index (χ0v) is 15.6. The normalized spacial score (nSPS) is 22.7. The summed E-state index contributed by atoms with van der Waals surface area (Å²) in [5.74, 6) is 1.05. The van der Waals surface area contributed by atoms with Gasteiger partial charge in [-0.05, 0) is 36.2 Å². The third kappa shape index (κ3) is 3.91. The van der Waals surface area contributed by atoms with Crippen molar-refractivity contribution in [3.63, 3.8) is 0 Å². The standard InChI is InChI=1S/C21H26N4O2/c1-27-18-9-7-17(8-10-18)24-11-13-25(14-12-24)21(26)20-15-19(22-23-20)16-5-3-2-4-6-16/h2-10,19-20,22-23H,11-15H2,1H3. The molecule has 2 aromatic rings. The van der Waals surface area contributed by atoms with E-state index >= 15 is 0 Å². The Morgan fingerprint density at radius 2 is 1.67 bits per heavy atom. The molecule has 1 amide bonds. The van der Waals surface area contributed by atoms with E-state index in [1.807, 2.05) is 35.2 Å². The summed E-state index contributed by atoms with van der Waals surface area (Å²) in [5, 5.41) is 0. The third-order valence-electron chi connectivity index (χ3n) is 5.43. The van der Waals surface area contributed by atoms with Gasteiger partial charge in [0.2, 0.25) is 5.91 Å². The Bertz CT molecular complexity index is 758. The number of carbonyl (C=O) groups excluding carboxylic acids is 1. The molecule has 0 radical (unpaired) electrons. The summed E-state index contributed by atoms with van der Waals surface area (Å²) in [7, 11) is 1.67. The SMILES string of the molecule is COc1ccc(N2CCN(C(=O)C3CC(c4ccccc4)NN3)CC2)cc1. The monoisotopic (exact) mass is 366 g/mol. The van der Waals surface area contributed by atoms with Gasteiger partial charge in [-0.3, -0.25) is 4.79 Å². The van der Waals surface area contributed by atoms with Crippen molar-refractivity contribution in [3.05, 3.63) is 60.2 Å². The fraction of sp³-hybridized carbons (Fsp3) is 0.381. The van der Waals surface area contributed by atoms with Crippen LogP contribution in [0.1, 0.15) is 18.0 Å². The van der Waals surface area contributed by atoms with Crippen molar-refractivity contribution in [2.24, 2.45) is 0 Å². The quantitative estimate of drug-likeness (QED) is 0.866. The van der Waals surface area contributed by atoms with Gasteiger partial charge in [0.1, 0.15) is 11.8 Å². The number of hydrazine groups is 1. The Balaban J connectivity index is 1.31. The Morgan fingerprint density at radius 3 is 2.33 bits per heavy atom. The number of hydrogen-bond donors (Lipinski definition) is 2. The molecule has 2 fully saturated rings. The topological polar surface area (TPSA) is 56.8 Å². The lowest BCUT2D eigenvalue weighted by Crippen LogP contribution is -2.53. The predicted molar refractivity (Wildman–Crippen MR) is 106 cm³/mol. The summed E-state index contributed by atoms with van der Waals surface area (Å²) in [4.78, 5) is 17.2. The molecule has 0 aromatic heterocycles. The van der Waals surface area contributed by atoms with E-state index in [0.717, 1.165) is 38.3 Å². The van der Waals surface area contributed by atoms with Gasteiger partial charge in [-0.15, -0.1) is 0 Å². The van der Waals surface area contributed by atoms with Crippen LogP contribution in [0.5, 0.6) is 5.75 Å². The largest absolute Gasteiger partial charge is 0.497 e. The van der Waals surface area contributed by atoms with E-state index in [0.29, 0.717) is 0 Å². The molecule has 2 aliphatic rings. The molecule has 0 bridgehead atoms. The minimum atomic E-state index is -0.164. The summed E-state index contributed by atoms with van der Waals surface area (Å²) in [6, 6.07) is 18.4. The van der Waals surface area contributed by atoms with Gasteiger partial charge in [-0.2, -0.15) is 0 Å². The highest BCUT2D eigenvalue weighted by Crippen LogP contribution is 2.24. The molecule has 2 heterocycles. The molecule has 6 nitrogen and oxygen atoms in total. The maximum atomic E-state index is 12.9. The first kappa shape index (κ1) is 17.8. The maximum absolute atomic E-state index is 12.9. The smallest absolute Gasteiger partial charge is 0.241 e. The summed E-state index contributed by atoms with van der Waals surface area (Å²) in [6.45, 7) is 3.19. The van der Waals surface area contributed by atoms with Gasteiger partial charge in [0.05, 0.1) is 7.11 Å². The average molecular weight is 366 g/mol. The zero-order valence-electron chi connectivity index (χ0n) is 15.6. The number of ether oxygens (including phenoxy) is 1. The number of anilines is 1. The highest BCUT2D eigenvalue weighted by Gasteiger charge is 2.34. The van der Waals surface area contributed by atoms with Crippen LogP contribution >= 0.6 is 0 Å². The minimum absolute atomic E-state index is 0.164. The second kappa shape index (κ2) is 7.98. The van der Waals surface area contributed by atoms with Crippen molar-refractivity contribution < 1.29 is 9.53 Å². The van der Waals surface area contributed by atoms with E-state index in [2.05, 4.69) is 40.0 Å². The Morgan fingerprint density at radius 1 is 0.963 bits per heavy atom. The summed E-state index contributed by atoms with van der Waals surface area (Å²) in [5.41, 5.74) is 8.84. The van der Waals surface area contributed by atoms with E-state index in [-0.39, 0.29) is 18.0 Å². The van der Waals surface area contributed by atoms with Crippen molar-refractivity contribution in [3.8, 4) is 5.75 Å². The number of carbonyl (C=O) groups is 1. The number of amides is 1. The van der Waals surface area contributed by atoms with Crippen LogP contribution < -0.4 is 20.5 Å². The highest BCUT2D eigenvalue weighted by atomic mass is 16.5. The lowest BCUT2D eigenvalue weighted by Gasteiger charge is -2.37. The maximum Gasteiger partial charge on any atom is 0.241 e.